The minimum Gasteiger partial charge on any atom is -0.497 e. The van der Waals surface area contributed by atoms with Crippen LogP contribution in [0.15, 0.2) is 24.3 Å². The highest BCUT2D eigenvalue weighted by Crippen LogP contribution is 2.23. The van der Waals surface area contributed by atoms with Crippen molar-refractivity contribution in [2.75, 3.05) is 34.5 Å². The number of ether oxygens (including phenoxy) is 4. The lowest BCUT2D eigenvalue weighted by atomic mass is 10.2. The normalized spacial score (nSPS) is 10.6. The number of benzene rings is 1. The van der Waals surface area contributed by atoms with E-state index in [1.807, 2.05) is 12.1 Å². The molecule has 0 aliphatic rings. The quantitative estimate of drug-likeness (QED) is 0.398. The molecule has 0 fully saturated rings. The molecule has 21 heavy (non-hydrogen) atoms. The molecule has 0 aliphatic heterocycles. The van der Waals surface area contributed by atoms with Gasteiger partial charge in [0.25, 0.3) is 0 Å². The van der Waals surface area contributed by atoms with E-state index in [1.54, 1.807) is 33.5 Å². The summed E-state index contributed by atoms with van der Waals surface area (Å²) in [5, 5.41) is 0. The molecule has 0 saturated heterocycles. The molecule has 0 heterocycles. The van der Waals surface area contributed by atoms with Crippen molar-refractivity contribution in [3.63, 3.8) is 0 Å². The number of rotatable bonds is 9. The third kappa shape index (κ3) is 6.81. The van der Waals surface area contributed by atoms with Crippen molar-refractivity contribution in [1.29, 1.82) is 0 Å². The number of methoxy groups -OCH3 is 3. The second kappa shape index (κ2) is 9.83. The smallest absolute Gasteiger partial charge is 0.330 e. The molecule has 0 N–H and O–H groups in total. The van der Waals surface area contributed by atoms with E-state index in [4.69, 9.17) is 18.9 Å². The van der Waals surface area contributed by atoms with Crippen LogP contribution in [0.25, 0.3) is 6.08 Å². The molecule has 1 aromatic carbocycles. The third-order valence-corrected chi connectivity index (χ3v) is 2.77. The molecule has 116 valence electrons. The number of hydrogen-bond donors (Lipinski definition) is 0. The first-order valence-electron chi connectivity index (χ1n) is 6.76. The van der Waals surface area contributed by atoms with Gasteiger partial charge in [-0.05, 0) is 36.6 Å². The van der Waals surface area contributed by atoms with Crippen LogP contribution in [0.5, 0.6) is 11.5 Å². The average Bonchev–Trinajstić information content (AvgIpc) is 2.52. The van der Waals surface area contributed by atoms with Crippen molar-refractivity contribution in [3.05, 3.63) is 29.8 Å². The Hall–Kier alpha value is -2.01. The zero-order chi connectivity index (χ0) is 15.5. The van der Waals surface area contributed by atoms with Crippen LogP contribution in [-0.4, -0.2) is 40.5 Å². The van der Waals surface area contributed by atoms with Gasteiger partial charge in [0.1, 0.15) is 11.5 Å². The summed E-state index contributed by atoms with van der Waals surface area (Å²) in [6.45, 7) is 1.07. The van der Waals surface area contributed by atoms with E-state index in [0.717, 1.165) is 18.4 Å². The Balaban J connectivity index is 2.49. The zero-order valence-corrected chi connectivity index (χ0v) is 12.8. The summed E-state index contributed by atoms with van der Waals surface area (Å²) in [4.78, 5) is 11.6. The van der Waals surface area contributed by atoms with Gasteiger partial charge in [-0.1, -0.05) is 0 Å². The van der Waals surface area contributed by atoms with Gasteiger partial charge in [0, 0.05) is 25.9 Å². The predicted molar refractivity (Wildman–Crippen MR) is 80.6 cm³/mol. The summed E-state index contributed by atoms with van der Waals surface area (Å²) in [6, 6.07) is 5.39. The lowest BCUT2D eigenvalue weighted by Crippen LogP contribution is -2.03. The van der Waals surface area contributed by atoms with Gasteiger partial charge in [-0.3, -0.25) is 0 Å². The fourth-order valence-electron chi connectivity index (χ4n) is 1.66. The maximum Gasteiger partial charge on any atom is 0.330 e. The van der Waals surface area contributed by atoms with Gasteiger partial charge in [-0.15, -0.1) is 0 Å². The molecule has 5 nitrogen and oxygen atoms in total. The molecule has 0 aromatic heterocycles. The number of esters is 1. The van der Waals surface area contributed by atoms with Crippen LogP contribution < -0.4 is 9.47 Å². The molecular weight excluding hydrogens is 272 g/mol. The highest BCUT2D eigenvalue weighted by molar-refractivity contribution is 5.87. The Morgan fingerprint density at radius 3 is 2.19 bits per heavy atom. The van der Waals surface area contributed by atoms with Gasteiger partial charge < -0.3 is 18.9 Å². The zero-order valence-electron chi connectivity index (χ0n) is 12.8. The van der Waals surface area contributed by atoms with E-state index in [-0.39, 0.29) is 5.97 Å². The second-order valence-electron chi connectivity index (χ2n) is 4.35. The minimum absolute atomic E-state index is 0.366. The van der Waals surface area contributed by atoms with Gasteiger partial charge in [0.15, 0.2) is 0 Å². The standard InChI is InChI=1S/C16H22O5/c1-18-8-4-5-9-21-16(17)7-6-13-10-14(19-2)12-15(11-13)20-3/h6-7,10-12H,4-5,8-9H2,1-3H3/b7-6+. The fourth-order valence-corrected chi connectivity index (χ4v) is 1.66. The molecule has 0 bridgehead atoms. The van der Waals surface area contributed by atoms with Crippen molar-refractivity contribution in [3.8, 4) is 11.5 Å². The van der Waals surface area contributed by atoms with Crippen molar-refractivity contribution < 1.29 is 23.7 Å². The van der Waals surface area contributed by atoms with Gasteiger partial charge >= 0.3 is 5.97 Å². The molecule has 0 amide bonds. The Morgan fingerprint density at radius 2 is 1.62 bits per heavy atom. The summed E-state index contributed by atoms with van der Waals surface area (Å²) in [6.07, 6.45) is 4.73. The van der Waals surface area contributed by atoms with Crippen molar-refractivity contribution >= 4 is 12.0 Å². The van der Waals surface area contributed by atoms with E-state index in [0.29, 0.717) is 24.7 Å². The fraction of sp³-hybridized carbons (Fsp3) is 0.438. The molecule has 1 aromatic rings. The average molecular weight is 294 g/mol. The Labute approximate surface area is 125 Å². The molecule has 0 atom stereocenters. The van der Waals surface area contributed by atoms with Crippen LogP contribution in [0.4, 0.5) is 0 Å². The van der Waals surface area contributed by atoms with Crippen LogP contribution in [0, 0.1) is 0 Å². The van der Waals surface area contributed by atoms with E-state index in [2.05, 4.69) is 0 Å². The molecule has 0 saturated carbocycles. The lowest BCUT2D eigenvalue weighted by Gasteiger charge is -2.05. The summed E-state index contributed by atoms with van der Waals surface area (Å²) >= 11 is 0. The van der Waals surface area contributed by atoms with E-state index >= 15 is 0 Å². The van der Waals surface area contributed by atoms with Crippen LogP contribution in [0.2, 0.25) is 0 Å². The second-order valence-corrected chi connectivity index (χ2v) is 4.35. The first kappa shape index (κ1) is 17.0. The number of carbonyl (C=O) groups is 1. The summed E-state index contributed by atoms with van der Waals surface area (Å²) < 4.78 is 20.3. The largest absolute Gasteiger partial charge is 0.497 e. The van der Waals surface area contributed by atoms with Gasteiger partial charge in [-0.2, -0.15) is 0 Å². The molecule has 1 rings (SSSR count). The van der Waals surface area contributed by atoms with E-state index < -0.39 is 0 Å². The Morgan fingerprint density at radius 1 is 1.00 bits per heavy atom. The maximum absolute atomic E-state index is 11.6. The number of carbonyl (C=O) groups excluding carboxylic acids is 1. The van der Waals surface area contributed by atoms with Crippen LogP contribution in [-0.2, 0) is 14.3 Å². The maximum atomic E-state index is 11.6. The molecular formula is C16H22O5. The first-order valence-corrected chi connectivity index (χ1v) is 6.76. The van der Waals surface area contributed by atoms with Crippen molar-refractivity contribution in [1.82, 2.24) is 0 Å². The topological polar surface area (TPSA) is 54.0 Å². The minimum atomic E-state index is -0.366. The van der Waals surface area contributed by atoms with Crippen LogP contribution >= 0.6 is 0 Å². The molecule has 0 aliphatic carbocycles. The van der Waals surface area contributed by atoms with E-state index in [1.165, 1.54) is 6.08 Å². The van der Waals surface area contributed by atoms with Gasteiger partial charge in [0.05, 0.1) is 20.8 Å². The molecule has 0 spiro atoms. The highest BCUT2D eigenvalue weighted by Gasteiger charge is 2.01. The number of hydrogen-bond acceptors (Lipinski definition) is 5. The first-order chi connectivity index (χ1) is 10.2. The molecule has 0 radical (unpaired) electrons. The Bertz CT molecular complexity index is 445. The lowest BCUT2D eigenvalue weighted by molar-refractivity contribution is -0.137. The van der Waals surface area contributed by atoms with Gasteiger partial charge in [-0.25, -0.2) is 4.79 Å². The highest BCUT2D eigenvalue weighted by atomic mass is 16.5. The SMILES string of the molecule is COCCCCOC(=O)/C=C/c1cc(OC)cc(OC)c1. The van der Waals surface area contributed by atoms with Gasteiger partial charge in [0.2, 0.25) is 0 Å². The van der Waals surface area contributed by atoms with Crippen LogP contribution in [0.3, 0.4) is 0 Å². The van der Waals surface area contributed by atoms with Crippen molar-refractivity contribution in [2.24, 2.45) is 0 Å². The summed E-state index contributed by atoms with van der Waals surface area (Å²) in [7, 11) is 4.81. The summed E-state index contributed by atoms with van der Waals surface area (Å²) in [5.41, 5.74) is 0.808. The summed E-state index contributed by atoms with van der Waals surface area (Å²) in [5.74, 6) is 0.970. The molecule has 5 heteroatoms. The van der Waals surface area contributed by atoms with Crippen molar-refractivity contribution in [2.45, 2.75) is 12.8 Å². The monoisotopic (exact) mass is 294 g/mol. The van der Waals surface area contributed by atoms with Crippen LogP contribution in [0.1, 0.15) is 18.4 Å². The van der Waals surface area contributed by atoms with E-state index in [9.17, 15) is 4.79 Å². The number of unbranched alkanes of at least 4 members (excludes halogenated alkanes) is 1. The molecule has 0 unspecified atom stereocenters. The third-order valence-electron chi connectivity index (χ3n) is 2.77. The Kier molecular flexibility index (Phi) is 7.97. The predicted octanol–water partition coefficient (Wildman–Crippen LogP) is 2.69.